The lowest BCUT2D eigenvalue weighted by Crippen LogP contribution is -2.11. The first-order valence-electron chi connectivity index (χ1n) is 6.52. The van der Waals surface area contributed by atoms with Crippen LogP contribution in [-0.4, -0.2) is 24.7 Å². The molecule has 0 aliphatic rings. The van der Waals surface area contributed by atoms with Gasteiger partial charge >= 0.3 is 0 Å². The molecule has 3 rings (SSSR count). The highest BCUT2D eigenvalue weighted by Crippen LogP contribution is 2.09. The maximum absolute atomic E-state index is 5.72. The smallest absolute Gasteiger partial charge is 0.257 e. The third-order valence-corrected chi connectivity index (χ3v) is 2.88. The van der Waals surface area contributed by atoms with Gasteiger partial charge < -0.3 is 11.1 Å². The molecule has 0 aliphatic heterocycles. The van der Waals surface area contributed by atoms with E-state index in [1.807, 2.05) is 12.1 Å². The molecule has 0 spiro atoms. The van der Waals surface area contributed by atoms with Gasteiger partial charge in [0.1, 0.15) is 0 Å². The van der Waals surface area contributed by atoms with Crippen molar-refractivity contribution in [3.8, 4) is 5.95 Å². The topological polar surface area (TPSA) is 94.5 Å². The quantitative estimate of drug-likeness (QED) is 0.753. The van der Waals surface area contributed by atoms with Crippen molar-refractivity contribution in [3.63, 3.8) is 0 Å². The number of nitrogen functional groups attached to an aromatic ring is 1. The number of hydrogen-bond acceptors (Lipinski definition) is 6. The molecule has 0 unspecified atom stereocenters. The third-order valence-electron chi connectivity index (χ3n) is 2.88. The van der Waals surface area contributed by atoms with Crippen molar-refractivity contribution in [2.45, 2.75) is 13.5 Å². The summed E-state index contributed by atoms with van der Waals surface area (Å²) in [6.07, 6.45) is 3.40. The number of nitrogens with one attached hydrogen (secondary N) is 1. The van der Waals surface area contributed by atoms with Crippen LogP contribution in [0.5, 0.6) is 0 Å². The van der Waals surface area contributed by atoms with Crippen molar-refractivity contribution in [1.29, 1.82) is 0 Å². The summed E-state index contributed by atoms with van der Waals surface area (Å²) in [4.78, 5) is 12.4. The molecule has 0 saturated carbocycles. The molecule has 3 aromatic rings. The number of aryl methyl sites for hydroxylation is 1. The summed E-state index contributed by atoms with van der Waals surface area (Å²) < 4.78 is 1.54. The zero-order valence-corrected chi connectivity index (χ0v) is 11.6. The van der Waals surface area contributed by atoms with E-state index in [9.17, 15) is 0 Å². The monoisotopic (exact) mass is 281 g/mol. The summed E-state index contributed by atoms with van der Waals surface area (Å²) in [6.45, 7) is 2.67. The Labute approximate surface area is 121 Å². The third kappa shape index (κ3) is 3.14. The fraction of sp³-hybridized carbons (Fsp3) is 0.143. The second-order valence-electron chi connectivity index (χ2n) is 4.61. The first kappa shape index (κ1) is 13.0. The molecule has 0 aliphatic carbocycles. The molecule has 1 aromatic carbocycles. The van der Waals surface area contributed by atoms with Crippen molar-refractivity contribution in [3.05, 3.63) is 53.9 Å². The Morgan fingerprint density at radius 3 is 2.86 bits per heavy atom. The van der Waals surface area contributed by atoms with Crippen LogP contribution in [-0.2, 0) is 6.54 Å². The molecule has 3 N–H and O–H groups in total. The molecule has 2 heterocycles. The first-order valence-corrected chi connectivity index (χ1v) is 6.52. The predicted molar refractivity (Wildman–Crippen MR) is 79.9 cm³/mol. The van der Waals surface area contributed by atoms with Crippen LogP contribution < -0.4 is 11.1 Å². The van der Waals surface area contributed by atoms with Crippen LogP contribution in [0.25, 0.3) is 5.95 Å². The van der Waals surface area contributed by atoms with Crippen LogP contribution in [0.4, 0.5) is 11.9 Å². The maximum atomic E-state index is 5.72. The summed E-state index contributed by atoms with van der Waals surface area (Å²) in [5.74, 6) is 0.969. The van der Waals surface area contributed by atoms with E-state index in [-0.39, 0.29) is 5.95 Å². The summed E-state index contributed by atoms with van der Waals surface area (Å²) >= 11 is 0. The normalized spacial score (nSPS) is 10.5. The van der Waals surface area contributed by atoms with Gasteiger partial charge in [0.05, 0.1) is 0 Å². The first-order chi connectivity index (χ1) is 10.2. The number of rotatable bonds is 4. The number of hydrogen-bond donors (Lipinski definition) is 2. The highest BCUT2D eigenvalue weighted by atomic mass is 15.4. The number of nitrogens with two attached hydrogens (primary N) is 1. The standard InChI is InChI=1S/C14H15N7/c1-10-4-2-5-11(8-10)9-16-13-18-12(15)19-14(20-13)21-7-3-6-17-21/h2-8H,9H2,1H3,(H3,15,16,18,19,20). The van der Waals surface area contributed by atoms with E-state index < -0.39 is 0 Å². The Hall–Kier alpha value is -2.96. The van der Waals surface area contributed by atoms with Gasteiger partial charge in [-0.2, -0.15) is 20.1 Å². The molecule has 0 amide bonds. The fourth-order valence-corrected chi connectivity index (χ4v) is 1.95. The largest absolute Gasteiger partial charge is 0.368 e. The number of anilines is 2. The molecule has 21 heavy (non-hydrogen) atoms. The van der Waals surface area contributed by atoms with Crippen LogP contribution in [0, 0.1) is 6.92 Å². The molecule has 7 heteroatoms. The Morgan fingerprint density at radius 1 is 1.19 bits per heavy atom. The molecule has 7 nitrogen and oxygen atoms in total. The number of aromatic nitrogens is 5. The second kappa shape index (κ2) is 5.58. The number of nitrogens with zero attached hydrogens (tertiary/aromatic N) is 5. The van der Waals surface area contributed by atoms with Gasteiger partial charge in [-0.05, 0) is 18.6 Å². The van der Waals surface area contributed by atoms with Crippen molar-refractivity contribution in [1.82, 2.24) is 24.7 Å². The highest BCUT2D eigenvalue weighted by molar-refractivity contribution is 5.36. The summed E-state index contributed by atoms with van der Waals surface area (Å²) in [6, 6.07) is 10.0. The minimum atomic E-state index is 0.155. The molecule has 0 saturated heterocycles. The van der Waals surface area contributed by atoms with E-state index in [4.69, 9.17) is 5.73 Å². The van der Waals surface area contributed by atoms with Crippen LogP contribution >= 0.6 is 0 Å². The molecule has 0 bridgehead atoms. The van der Waals surface area contributed by atoms with E-state index in [0.29, 0.717) is 18.4 Å². The molecule has 0 fully saturated rings. The Kier molecular flexibility index (Phi) is 3.46. The SMILES string of the molecule is Cc1cccc(CNc2nc(N)nc(-n3cccn3)n2)c1. The minimum absolute atomic E-state index is 0.155. The van der Waals surface area contributed by atoms with Crippen LogP contribution in [0.3, 0.4) is 0 Å². The predicted octanol–water partition coefficient (Wildman–Crippen LogP) is 1.56. The Balaban J connectivity index is 1.79. The molecule has 0 radical (unpaired) electrons. The highest BCUT2D eigenvalue weighted by Gasteiger charge is 2.06. The van der Waals surface area contributed by atoms with Crippen LogP contribution in [0.2, 0.25) is 0 Å². The van der Waals surface area contributed by atoms with Gasteiger partial charge in [0.15, 0.2) is 0 Å². The van der Waals surface area contributed by atoms with Gasteiger partial charge in [0.2, 0.25) is 11.9 Å². The van der Waals surface area contributed by atoms with Crippen molar-refractivity contribution >= 4 is 11.9 Å². The lowest BCUT2D eigenvalue weighted by molar-refractivity contribution is 0.798. The van der Waals surface area contributed by atoms with Gasteiger partial charge in [0.25, 0.3) is 5.95 Å². The van der Waals surface area contributed by atoms with Crippen molar-refractivity contribution in [2.24, 2.45) is 0 Å². The molecular formula is C14H15N7. The second-order valence-corrected chi connectivity index (χ2v) is 4.61. The van der Waals surface area contributed by atoms with Crippen molar-refractivity contribution in [2.75, 3.05) is 11.1 Å². The molecular weight excluding hydrogens is 266 g/mol. The summed E-state index contributed by atoms with van der Waals surface area (Å²) in [5, 5.41) is 7.23. The Morgan fingerprint density at radius 2 is 2.10 bits per heavy atom. The van der Waals surface area contributed by atoms with Crippen LogP contribution in [0.15, 0.2) is 42.7 Å². The van der Waals surface area contributed by atoms with Gasteiger partial charge in [-0.3, -0.25) is 0 Å². The molecule has 0 atom stereocenters. The molecule has 106 valence electrons. The lowest BCUT2D eigenvalue weighted by Gasteiger charge is -2.07. The average molecular weight is 281 g/mol. The van der Waals surface area contributed by atoms with E-state index in [1.165, 1.54) is 10.2 Å². The van der Waals surface area contributed by atoms with Gasteiger partial charge in [-0.25, -0.2) is 4.68 Å². The van der Waals surface area contributed by atoms with E-state index in [0.717, 1.165) is 5.56 Å². The minimum Gasteiger partial charge on any atom is -0.368 e. The fourth-order valence-electron chi connectivity index (χ4n) is 1.95. The summed E-state index contributed by atoms with van der Waals surface area (Å²) in [7, 11) is 0. The average Bonchev–Trinajstić information content (AvgIpc) is 2.99. The van der Waals surface area contributed by atoms with E-state index in [2.05, 4.69) is 44.4 Å². The van der Waals surface area contributed by atoms with Gasteiger partial charge in [-0.1, -0.05) is 29.8 Å². The van der Waals surface area contributed by atoms with Gasteiger partial charge in [0, 0.05) is 18.9 Å². The van der Waals surface area contributed by atoms with Gasteiger partial charge in [-0.15, -0.1) is 0 Å². The van der Waals surface area contributed by atoms with Crippen molar-refractivity contribution < 1.29 is 0 Å². The lowest BCUT2D eigenvalue weighted by atomic mass is 10.1. The zero-order chi connectivity index (χ0) is 14.7. The maximum Gasteiger partial charge on any atom is 0.257 e. The number of benzene rings is 1. The zero-order valence-electron chi connectivity index (χ0n) is 11.6. The Bertz CT molecular complexity index is 737. The van der Waals surface area contributed by atoms with E-state index >= 15 is 0 Å². The molecule has 2 aromatic heterocycles. The summed E-state index contributed by atoms with van der Waals surface area (Å²) in [5.41, 5.74) is 8.07. The van der Waals surface area contributed by atoms with E-state index in [1.54, 1.807) is 18.5 Å². The van der Waals surface area contributed by atoms with Crippen LogP contribution in [0.1, 0.15) is 11.1 Å².